The molecule has 0 saturated carbocycles. The van der Waals surface area contributed by atoms with E-state index in [1.165, 1.54) is 13.8 Å². The number of hydrogen-bond acceptors (Lipinski definition) is 24. The lowest BCUT2D eigenvalue weighted by Crippen LogP contribution is -2.66. The third kappa shape index (κ3) is 19.5. The van der Waals surface area contributed by atoms with Gasteiger partial charge in [0.2, 0.25) is 6.29 Å². The lowest BCUT2D eigenvalue weighted by Gasteiger charge is -2.52. The van der Waals surface area contributed by atoms with E-state index in [4.69, 9.17) is 110 Å². The van der Waals surface area contributed by atoms with E-state index in [9.17, 15) is 4.79 Å². The van der Waals surface area contributed by atoms with Gasteiger partial charge in [-0.05, 0) is 62.4 Å². The molecule has 0 aromatic heterocycles. The van der Waals surface area contributed by atoms with Crippen molar-refractivity contribution in [3.63, 3.8) is 0 Å². The maximum Gasteiger partial charge on any atom is 0.303 e. The van der Waals surface area contributed by atoms with Crippen molar-refractivity contribution in [2.45, 2.75) is 262 Å². The van der Waals surface area contributed by atoms with Crippen LogP contribution in [0.25, 0.3) is 0 Å². The Bertz CT molecular complexity index is 3860. The molecule has 10 unspecified atom stereocenters. The van der Waals surface area contributed by atoms with Gasteiger partial charge in [-0.2, -0.15) is 0 Å². The molecule has 0 bridgehead atoms. The SMILES string of the molecule is CC(=N)O[C@H]1OC(C)[C@H](OC(C)=O)C(O[C@@H]2OC(C)[C@H](C)C3OC(C)(C)O[C@@H]32)[C@H]1O[C@@H]1OC(C)[C@H](O[C@@H]2OC[C@@H](C)C(O[C@@H]3OC[C@]4(COCc5ccccc5)O[C@@H](c5ccccc5)OC34)[C@H]2OCc2ccccc2)C(O[C@@H]2OC(COCc3ccccc3)[C@@H](OCc3ccccc3)C(OCc3ccccc3)[C@H]2C)[C@@H]1C. The summed E-state index contributed by atoms with van der Waals surface area (Å²) in [6.07, 6.45) is -21.2. The second-order valence-electron chi connectivity index (χ2n) is 31.2. The fraction of sp³-hybridized carbons (Fsp3) is 0.563. The molecule has 111 heavy (non-hydrogen) atoms. The van der Waals surface area contributed by atoms with Gasteiger partial charge >= 0.3 is 5.97 Å². The summed E-state index contributed by atoms with van der Waals surface area (Å²) in [5, 5.41) is 8.78. The predicted octanol–water partition coefficient (Wildman–Crippen LogP) is 12.6. The van der Waals surface area contributed by atoms with Crippen molar-refractivity contribution in [1.82, 2.24) is 0 Å². The summed E-state index contributed by atoms with van der Waals surface area (Å²) in [5.74, 6) is -3.55. The van der Waals surface area contributed by atoms with E-state index in [1.807, 2.05) is 237 Å². The van der Waals surface area contributed by atoms with Crippen LogP contribution in [0.4, 0.5) is 0 Å². The Morgan fingerprint density at radius 2 is 0.892 bits per heavy atom. The standard InChI is InChI=1S/C87H109NO23/c1-51-42-95-82(75(94-47-64-38-26-16-27-39-64)67(51)103-85-78-87(50-96-85,49-91-44-61-32-20-13-21-33-61)111-81(108-78)65-40-28-17-29-41-65)105-71-56(6)98-79(107-76-74(72(101-59(9)89)57(7)99-83(76)100-58(8)88)106-84-77-70(52(2)55(5)97-84)109-86(10,11)110-77)54(4)69(71)104-80-53(3)68(92-45-62-34-22-14-23-35-62)73(93-46-63-36-24-15-25-37-63)66(102-80)48-90-43-60-30-18-12-19-31-60/h12-41,51-57,66-85,88H,42-50H2,1-11H3/t51-,52+,53-,54+,55?,56?,57?,66?,67?,68?,69?,70?,71+,72+,73-,74?,75-,76-,77+,78?,79+,80+,81+,82+,83-,84+,85+,87+/m1/s1. The lowest BCUT2D eigenvalue weighted by atomic mass is 9.89. The minimum absolute atomic E-state index is 0.0857. The second kappa shape index (κ2) is 36.9. The normalized spacial score (nSPS) is 37.2. The van der Waals surface area contributed by atoms with E-state index in [2.05, 4.69) is 0 Å². The summed E-state index contributed by atoms with van der Waals surface area (Å²) < 4.78 is 153. The van der Waals surface area contributed by atoms with Crippen LogP contribution in [0.1, 0.15) is 116 Å². The Hall–Kier alpha value is -6.54. The van der Waals surface area contributed by atoms with Gasteiger partial charge in [0, 0.05) is 43.1 Å². The molecule has 28 atom stereocenters. The number of carbonyl (C=O) groups is 1. The van der Waals surface area contributed by atoms with E-state index in [1.54, 1.807) is 6.92 Å². The number of nitrogens with one attached hydrogen (secondary N) is 1. The summed E-state index contributed by atoms with van der Waals surface area (Å²) in [5.41, 5.74) is 4.58. The molecule has 0 aliphatic carbocycles. The molecule has 0 spiro atoms. The van der Waals surface area contributed by atoms with Gasteiger partial charge in [-0.3, -0.25) is 10.2 Å². The number of carbonyl (C=O) groups excluding carboxylic acids is 1. The average Bonchev–Trinajstić information content (AvgIpc) is 1.63. The Labute approximate surface area is 651 Å². The Balaban J connectivity index is 0.821. The van der Waals surface area contributed by atoms with Gasteiger partial charge in [-0.1, -0.05) is 210 Å². The molecule has 1 N–H and O–H groups in total. The number of fused-ring (bicyclic) bond motifs is 2. The molecule has 24 nitrogen and oxygen atoms in total. The van der Waals surface area contributed by atoms with Crippen LogP contribution in [-0.4, -0.2) is 185 Å². The Morgan fingerprint density at radius 1 is 0.414 bits per heavy atom. The van der Waals surface area contributed by atoms with E-state index >= 15 is 0 Å². The summed E-state index contributed by atoms with van der Waals surface area (Å²) in [4.78, 5) is 13.4. The zero-order chi connectivity index (χ0) is 77.3. The molecule has 6 aromatic carbocycles. The zero-order valence-electron chi connectivity index (χ0n) is 65.2. The van der Waals surface area contributed by atoms with Crippen molar-refractivity contribution in [2.24, 2.45) is 23.7 Å². The number of hydrogen-bond donors (Lipinski definition) is 1. The minimum atomic E-state index is -1.34. The van der Waals surface area contributed by atoms with Gasteiger partial charge in [-0.25, -0.2) is 0 Å². The van der Waals surface area contributed by atoms with Gasteiger partial charge in [0.15, 0.2) is 61.6 Å². The maximum absolute atomic E-state index is 13.4. The highest BCUT2D eigenvalue weighted by atomic mass is 16.8. The van der Waals surface area contributed by atoms with Gasteiger partial charge in [-0.15, -0.1) is 0 Å². The monoisotopic (exact) mass is 1540 g/mol. The van der Waals surface area contributed by atoms with Gasteiger partial charge in [0.1, 0.15) is 48.3 Å². The molecular weight excluding hydrogens is 1430 g/mol. The molecule has 8 saturated heterocycles. The fourth-order valence-electron chi connectivity index (χ4n) is 16.2. The highest BCUT2D eigenvalue weighted by Gasteiger charge is 2.63. The first-order chi connectivity index (χ1) is 53.7. The fourth-order valence-corrected chi connectivity index (χ4v) is 16.2. The quantitative estimate of drug-likeness (QED) is 0.0250. The first-order valence-corrected chi connectivity index (χ1v) is 39.2. The second-order valence-corrected chi connectivity index (χ2v) is 31.2. The summed E-state index contributed by atoms with van der Waals surface area (Å²) in [6.45, 7) is 21.9. The smallest absolute Gasteiger partial charge is 0.303 e. The van der Waals surface area contributed by atoms with Crippen molar-refractivity contribution >= 4 is 11.9 Å². The molecule has 8 aliphatic heterocycles. The first kappa shape index (κ1) is 81.0. The molecule has 6 aromatic rings. The van der Waals surface area contributed by atoms with Crippen LogP contribution in [0.15, 0.2) is 182 Å². The summed E-state index contributed by atoms with van der Waals surface area (Å²) in [6, 6.07) is 59.6. The Kier molecular flexibility index (Phi) is 27.0. The molecule has 8 fully saturated rings. The molecule has 8 aliphatic rings. The van der Waals surface area contributed by atoms with E-state index in [-0.39, 0.29) is 76.7 Å². The van der Waals surface area contributed by atoms with E-state index < -0.39 is 165 Å². The van der Waals surface area contributed by atoms with Crippen molar-refractivity contribution < 1.29 is 109 Å². The van der Waals surface area contributed by atoms with Crippen LogP contribution in [0.5, 0.6) is 0 Å². The van der Waals surface area contributed by atoms with Crippen LogP contribution >= 0.6 is 0 Å². The van der Waals surface area contributed by atoms with Crippen LogP contribution in [-0.2, 0) is 142 Å². The van der Waals surface area contributed by atoms with Gasteiger partial charge < -0.3 is 104 Å². The highest BCUT2D eigenvalue weighted by Crippen LogP contribution is 2.49. The topological polar surface area (TPSA) is 244 Å². The van der Waals surface area contributed by atoms with Crippen LogP contribution < -0.4 is 0 Å². The molecule has 24 heteroatoms. The minimum Gasteiger partial charge on any atom is -0.457 e. The molecule has 8 heterocycles. The number of benzene rings is 6. The third-order valence-corrected chi connectivity index (χ3v) is 22.2. The molecule has 0 amide bonds. The zero-order valence-corrected chi connectivity index (χ0v) is 65.2. The number of esters is 1. The highest BCUT2D eigenvalue weighted by molar-refractivity contribution is 5.69. The van der Waals surface area contributed by atoms with Crippen LogP contribution in [0.2, 0.25) is 0 Å². The number of rotatable bonds is 30. The maximum atomic E-state index is 13.4. The first-order valence-electron chi connectivity index (χ1n) is 39.2. The van der Waals surface area contributed by atoms with E-state index in [0.717, 1.165) is 33.4 Å². The Morgan fingerprint density at radius 3 is 1.49 bits per heavy atom. The largest absolute Gasteiger partial charge is 0.457 e. The van der Waals surface area contributed by atoms with Crippen LogP contribution in [0.3, 0.4) is 0 Å². The molecule has 600 valence electrons. The summed E-state index contributed by atoms with van der Waals surface area (Å²) >= 11 is 0. The van der Waals surface area contributed by atoms with Crippen molar-refractivity contribution in [3.8, 4) is 0 Å². The molecule has 14 rings (SSSR count). The van der Waals surface area contributed by atoms with Gasteiger partial charge in [0.25, 0.3) is 0 Å². The van der Waals surface area contributed by atoms with Crippen molar-refractivity contribution in [3.05, 3.63) is 215 Å². The van der Waals surface area contributed by atoms with Crippen LogP contribution in [0, 0.1) is 29.1 Å². The van der Waals surface area contributed by atoms with E-state index in [0.29, 0.717) is 6.61 Å². The van der Waals surface area contributed by atoms with Crippen molar-refractivity contribution in [2.75, 3.05) is 26.4 Å². The van der Waals surface area contributed by atoms with Gasteiger partial charge in [0.05, 0.1) is 102 Å². The van der Waals surface area contributed by atoms with Crippen molar-refractivity contribution in [1.29, 1.82) is 5.41 Å². The third-order valence-electron chi connectivity index (χ3n) is 22.2. The molecule has 0 radical (unpaired) electrons. The lowest BCUT2D eigenvalue weighted by molar-refractivity contribution is -0.395. The average molecular weight is 1540 g/mol. The predicted molar refractivity (Wildman–Crippen MR) is 401 cm³/mol. The summed E-state index contributed by atoms with van der Waals surface area (Å²) in [7, 11) is 0. The number of ether oxygens (including phenoxy) is 22. The molecular formula is C87H109NO23.